The Kier molecular flexibility index (Phi) is 6.18. The summed E-state index contributed by atoms with van der Waals surface area (Å²) in [4.78, 5) is 14.2. The third kappa shape index (κ3) is 5.66. The molecule has 0 saturated carbocycles. The predicted octanol–water partition coefficient (Wildman–Crippen LogP) is 3.26. The van der Waals surface area contributed by atoms with Crippen molar-refractivity contribution in [2.24, 2.45) is 0 Å². The molecule has 5 nitrogen and oxygen atoms in total. The van der Waals surface area contributed by atoms with Crippen LogP contribution in [0.5, 0.6) is 0 Å². The molecule has 3 aromatic rings. The minimum Gasteiger partial charge on any atom is -0.348 e. The Morgan fingerprint density at radius 2 is 1.89 bits per heavy atom. The third-order valence-electron chi connectivity index (χ3n) is 4.01. The molecule has 1 N–H and O–H groups in total. The van der Waals surface area contributed by atoms with Crippen molar-refractivity contribution in [3.8, 4) is 5.69 Å². The van der Waals surface area contributed by atoms with Gasteiger partial charge in [0, 0.05) is 30.9 Å². The molecule has 0 radical (unpaired) electrons. The summed E-state index contributed by atoms with van der Waals surface area (Å²) in [6.45, 7) is 1.39. The number of carbonyl (C=O) groups is 1. The van der Waals surface area contributed by atoms with E-state index in [1.165, 1.54) is 11.6 Å². The van der Waals surface area contributed by atoms with Gasteiger partial charge in [0.25, 0.3) is 0 Å². The zero-order valence-corrected chi connectivity index (χ0v) is 15.7. The Morgan fingerprint density at radius 3 is 2.67 bits per heavy atom. The molecule has 0 unspecified atom stereocenters. The minimum absolute atomic E-state index is 0.125. The molecular weight excluding hydrogens is 336 g/mol. The van der Waals surface area contributed by atoms with Crippen LogP contribution in [0.1, 0.15) is 16.7 Å². The van der Waals surface area contributed by atoms with Crippen molar-refractivity contribution >= 4 is 12.0 Å². The number of para-hydroxylation sites is 1. The van der Waals surface area contributed by atoms with E-state index < -0.39 is 0 Å². The van der Waals surface area contributed by atoms with Crippen LogP contribution < -0.4 is 5.32 Å². The molecule has 0 aliphatic heterocycles. The largest absolute Gasteiger partial charge is 0.348 e. The topological polar surface area (TPSA) is 50.2 Å². The summed E-state index contributed by atoms with van der Waals surface area (Å²) in [7, 11) is 4.08. The van der Waals surface area contributed by atoms with Crippen molar-refractivity contribution in [3.05, 3.63) is 89.8 Å². The van der Waals surface area contributed by atoms with Crippen molar-refractivity contribution in [3.63, 3.8) is 0 Å². The Labute approximate surface area is 159 Å². The van der Waals surface area contributed by atoms with Crippen LogP contribution in [0.15, 0.2) is 73.1 Å². The normalized spacial score (nSPS) is 11.2. The van der Waals surface area contributed by atoms with Gasteiger partial charge in [-0.1, -0.05) is 42.5 Å². The molecule has 0 aliphatic rings. The van der Waals surface area contributed by atoms with Crippen LogP contribution >= 0.6 is 0 Å². The smallest absolute Gasteiger partial charge is 0.244 e. The standard InChI is InChI=1S/C22H24N4O/c1-25(2)16-19-8-6-7-18(13-19)14-23-22(27)12-11-20-15-24-26(17-20)21-9-4-3-5-10-21/h3-13,15,17H,14,16H2,1-2H3,(H,23,27)/b12-11+. The number of benzene rings is 2. The summed E-state index contributed by atoms with van der Waals surface area (Å²) < 4.78 is 1.79. The van der Waals surface area contributed by atoms with Crippen molar-refractivity contribution in [2.75, 3.05) is 14.1 Å². The molecule has 1 aromatic heterocycles. The quantitative estimate of drug-likeness (QED) is 0.658. The second kappa shape index (κ2) is 8.96. The molecule has 27 heavy (non-hydrogen) atoms. The molecule has 138 valence electrons. The number of hydrogen-bond acceptors (Lipinski definition) is 3. The average Bonchev–Trinajstić information content (AvgIpc) is 3.14. The molecule has 0 aliphatic carbocycles. The lowest BCUT2D eigenvalue weighted by Gasteiger charge is -2.11. The molecule has 0 bridgehead atoms. The van der Waals surface area contributed by atoms with Gasteiger partial charge in [0.2, 0.25) is 5.91 Å². The van der Waals surface area contributed by atoms with Crippen LogP contribution in [-0.2, 0) is 17.9 Å². The molecule has 0 saturated heterocycles. The van der Waals surface area contributed by atoms with E-state index >= 15 is 0 Å². The molecule has 3 rings (SSSR count). The summed E-state index contributed by atoms with van der Waals surface area (Å²) in [5.74, 6) is -0.125. The summed E-state index contributed by atoms with van der Waals surface area (Å²) >= 11 is 0. The first-order valence-corrected chi connectivity index (χ1v) is 8.89. The first-order chi connectivity index (χ1) is 13.1. The lowest BCUT2D eigenvalue weighted by molar-refractivity contribution is -0.116. The van der Waals surface area contributed by atoms with E-state index in [0.717, 1.165) is 23.4 Å². The fraction of sp³-hybridized carbons (Fsp3) is 0.182. The van der Waals surface area contributed by atoms with Crippen LogP contribution in [0.25, 0.3) is 11.8 Å². The first kappa shape index (κ1) is 18.6. The zero-order chi connectivity index (χ0) is 19.1. The molecule has 5 heteroatoms. The number of carbonyl (C=O) groups excluding carboxylic acids is 1. The summed E-state index contributed by atoms with van der Waals surface area (Å²) in [6, 6.07) is 18.1. The second-order valence-corrected chi connectivity index (χ2v) is 6.66. The fourth-order valence-electron chi connectivity index (χ4n) is 2.77. The fourth-order valence-corrected chi connectivity index (χ4v) is 2.77. The van der Waals surface area contributed by atoms with Gasteiger partial charge in [-0.15, -0.1) is 0 Å². The van der Waals surface area contributed by atoms with Gasteiger partial charge in [0.05, 0.1) is 11.9 Å². The molecule has 0 fully saturated rings. The Balaban J connectivity index is 1.54. The van der Waals surface area contributed by atoms with Gasteiger partial charge in [-0.25, -0.2) is 4.68 Å². The highest BCUT2D eigenvalue weighted by atomic mass is 16.1. The van der Waals surface area contributed by atoms with Crippen LogP contribution in [0.2, 0.25) is 0 Å². The number of rotatable bonds is 7. The average molecular weight is 360 g/mol. The van der Waals surface area contributed by atoms with Gasteiger partial charge in [-0.2, -0.15) is 5.10 Å². The van der Waals surface area contributed by atoms with Crippen LogP contribution in [0.4, 0.5) is 0 Å². The monoisotopic (exact) mass is 360 g/mol. The maximum atomic E-state index is 12.1. The molecule has 1 heterocycles. The summed E-state index contributed by atoms with van der Waals surface area (Å²) in [5.41, 5.74) is 4.19. The highest BCUT2D eigenvalue weighted by Crippen LogP contribution is 2.09. The van der Waals surface area contributed by atoms with E-state index in [2.05, 4.69) is 27.4 Å². The number of nitrogens with one attached hydrogen (secondary N) is 1. The molecule has 0 atom stereocenters. The number of nitrogens with zero attached hydrogens (tertiary/aromatic N) is 3. The summed E-state index contributed by atoms with van der Waals surface area (Å²) in [6.07, 6.45) is 6.94. The van der Waals surface area contributed by atoms with Crippen LogP contribution in [-0.4, -0.2) is 34.7 Å². The maximum absolute atomic E-state index is 12.1. The highest BCUT2D eigenvalue weighted by Gasteiger charge is 2.01. The van der Waals surface area contributed by atoms with E-state index in [0.29, 0.717) is 6.54 Å². The third-order valence-corrected chi connectivity index (χ3v) is 4.01. The molecule has 2 aromatic carbocycles. The second-order valence-electron chi connectivity index (χ2n) is 6.66. The van der Waals surface area contributed by atoms with Crippen molar-refractivity contribution < 1.29 is 4.79 Å². The Hall–Kier alpha value is -3.18. The van der Waals surface area contributed by atoms with Gasteiger partial charge in [-0.05, 0) is 43.4 Å². The number of amides is 1. The van der Waals surface area contributed by atoms with Gasteiger partial charge in [0.15, 0.2) is 0 Å². The number of aromatic nitrogens is 2. The molecule has 1 amide bonds. The van der Waals surface area contributed by atoms with Crippen molar-refractivity contribution in [1.82, 2.24) is 20.0 Å². The van der Waals surface area contributed by atoms with Gasteiger partial charge in [-0.3, -0.25) is 4.79 Å². The summed E-state index contributed by atoms with van der Waals surface area (Å²) in [5, 5.41) is 7.24. The van der Waals surface area contributed by atoms with E-state index in [-0.39, 0.29) is 5.91 Å². The zero-order valence-electron chi connectivity index (χ0n) is 15.7. The van der Waals surface area contributed by atoms with Gasteiger partial charge >= 0.3 is 0 Å². The lowest BCUT2D eigenvalue weighted by atomic mass is 10.1. The van der Waals surface area contributed by atoms with Gasteiger partial charge < -0.3 is 10.2 Å². The predicted molar refractivity (Wildman–Crippen MR) is 108 cm³/mol. The van der Waals surface area contributed by atoms with E-state index in [9.17, 15) is 4.79 Å². The van der Waals surface area contributed by atoms with Crippen molar-refractivity contribution in [1.29, 1.82) is 0 Å². The van der Waals surface area contributed by atoms with Crippen molar-refractivity contribution in [2.45, 2.75) is 13.1 Å². The van der Waals surface area contributed by atoms with Crippen LogP contribution in [0.3, 0.4) is 0 Å². The van der Waals surface area contributed by atoms with Gasteiger partial charge in [0.1, 0.15) is 0 Å². The first-order valence-electron chi connectivity index (χ1n) is 8.89. The SMILES string of the molecule is CN(C)Cc1cccc(CNC(=O)/C=C/c2cnn(-c3ccccc3)c2)c1. The maximum Gasteiger partial charge on any atom is 0.244 e. The van der Waals surface area contributed by atoms with Crippen LogP contribution in [0, 0.1) is 0 Å². The van der Waals surface area contributed by atoms with E-state index in [1.54, 1.807) is 17.0 Å². The Morgan fingerprint density at radius 1 is 1.11 bits per heavy atom. The molecule has 0 spiro atoms. The lowest BCUT2D eigenvalue weighted by Crippen LogP contribution is -2.20. The van der Waals surface area contributed by atoms with E-state index in [1.807, 2.05) is 62.8 Å². The number of hydrogen-bond donors (Lipinski definition) is 1. The highest BCUT2D eigenvalue weighted by molar-refractivity contribution is 5.91. The molecular formula is C22H24N4O. The van der Waals surface area contributed by atoms with E-state index in [4.69, 9.17) is 0 Å². The Bertz CT molecular complexity index is 913. The minimum atomic E-state index is -0.125.